The summed E-state index contributed by atoms with van der Waals surface area (Å²) in [6.07, 6.45) is 0. The van der Waals surface area contributed by atoms with Crippen molar-refractivity contribution in [2.45, 2.75) is 12.6 Å². The third-order valence-corrected chi connectivity index (χ3v) is 2.69. The molecule has 0 amide bonds. The Bertz CT molecular complexity index is 277. The number of rotatable bonds is 2. The lowest BCUT2D eigenvalue weighted by Crippen LogP contribution is -2.56. The Balaban J connectivity index is 2.11. The molecule has 0 atom stereocenters. The van der Waals surface area contributed by atoms with Crippen LogP contribution in [0.1, 0.15) is 12.5 Å². The molecular formula is C11H14FN. The van der Waals surface area contributed by atoms with E-state index in [2.05, 4.69) is 11.8 Å². The molecule has 2 rings (SSSR count). The second-order valence-corrected chi connectivity index (χ2v) is 3.63. The summed E-state index contributed by atoms with van der Waals surface area (Å²) >= 11 is 0. The van der Waals surface area contributed by atoms with Crippen LogP contribution >= 0.6 is 0 Å². The molecule has 1 aromatic rings. The minimum Gasteiger partial charge on any atom is -0.296 e. The third-order valence-electron chi connectivity index (χ3n) is 2.69. The van der Waals surface area contributed by atoms with Gasteiger partial charge in [-0.05, 0) is 12.1 Å². The largest absolute Gasteiger partial charge is 0.296 e. The maximum Gasteiger partial charge on any atom is 0.161 e. The highest BCUT2D eigenvalue weighted by Gasteiger charge is 2.43. The van der Waals surface area contributed by atoms with Crippen LogP contribution in [-0.4, -0.2) is 24.5 Å². The molecule has 2 heteroatoms. The monoisotopic (exact) mass is 179 g/mol. The highest BCUT2D eigenvalue weighted by molar-refractivity contribution is 5.26. The Morgan fingerprint density at radius 1 is 1.31 bits per heavy atom. The van der Waals surface area contributed by atoms with Crippen molar-refractivity contribution in [2.75, 3.05) is 19.6 Å². The molecule has 0 radical (unpaired) electrons. The minimum atomic E-state index is -1.09. The summed E-state index contributed by atoms with van der Waals surface area (Å²) in [7, 11) is 0. The van der Waals surface area contributed by atoms with Crippen LogP contribution in [0, 0.1) is 0 Å². The first-order valence-electron chi connectivity index (χ1n) is 4.71. The molecule has 0 saturated carbocycles. The van der Waals surface area contributed by atoms with Gasteiger partial charge < -0.3 is 0 Å². The van der Waals surface area contributed by atoms with Crippen molar-refractivity contribution in [2.24, 2.45) is 0 Å². The normalized spacial score (nSPS) is 21.1. The van der Waals surface area contributed by atoms with E-state index in [0.29, 0.717) is 13.1 Å². The first-order chi connectivity index (χ1) is 6.24. The molecule has 0 bridgehead atoms. The van der Waals surface area contributed by atoms with Gasteiger partial charge in [-0.15, -0.1) is 0 Å². The smallest absolute Gasteiger partial charge is 0.161 e. The number of hydrogen-bond donors (Lipinski definition) is 0. The highest BCUT2D eigenvalue weighted by atomic mass is 19.1. The zero-order chi connectivity index (χ0) is 9.31. The molecule has 0 aromatic heterocycles. The number of nitrogens with zero attached hydrogens (tertiary/aromatic N) is 1. The number of hydrogen-bond acceptors (Lipinski definition) is 1. The van der Waals surface area contributed by atoms with Gasteiger partial charge in [-0.1, -0.05) is 37.3 Å². The Morgan fingerprint density at radius 3 is 2.46 bits per heavy atom. The third kappa shape index (κ3) is 1.46. The summed E-state index contributed by atoms with van der Waals surface area (Å²) in [5.41, 5.74) is -0.267. The number of likely N-dealkylation sites (tertiary alicyclic amines) is 1. The fourth-order valence-electron chi connectivity index (χ4n) is 1.81. The number of benzene rings is 1. The Hall–Kier alpha value is -0.890. The van der Waals surface area contributed by atoms with Gasteiger partial charge in [-0.25, -0.2) is 4.39 Å². The average Bonchev–Trinajstić information content (AvgIpc) is 2.14. The molecule has 1 heterocycles. The fourth-order valence-corrected chi connectivity index (χ4v) is 1.81. The lowest BCUT2D eigenvalue weighted by atomic mass is 9.88. The molecule has 1 nitrogen and oxygen atoms in total. The molecule has 1 fully saturated rings. The molecule has 0 aliphatic carbocycles. The van der Waals surface area contributed by atoms with Crippen molar-refractivity contribution in [1.82, 2.24) is 4.90 Å². The van der Waals surface area contributed by atoms with Gasteiger partial charge in [-0.2, -0.15) is 0 Å². The van der Waals surface area contributed by atoms with Gasteiger partial charge in [0.1, 0.15) is 0 Å². The van der Waals surface area contributed by atoms with E-state index in [1.54, 1.807) is 0 Å². The van der Waals surface area contributed by atoms with Crippen molar-refractivity contribution >= 4 is 0 Å². The van der Waals surface area contributed by atoms with E-state index in [-0.39, 0.29) is 0 Å². The van der Waals surface area contributed by atoms with Crippen LogP contribution in [-0.2, 0) is 5.67 Å². The van der Waals surface area contributed by atoms with Crippen LogP contribution in [0.5, 0.6) is 0 Å². The lowest BCUT2D eigenvalue weighted by Gasteiger charge is -2.44. The van der Waals surface area contributed by atoms with E-state index in [9.17, 15) is 4.39 Å². The van der Waals surface area contributed by atoms with Crippen LogP contribution in [0.3, 0.4) is 0 Å². The molecule has 0 spiro atoms. The predicted molar refractivity (Wildman–Crippen MR) is 51.3 cm³/mol. The standard InChI is InChI=1S/C11H14FN/c1-2-13-8-11(12,9-13)10-6-4-3-5-7-10/h3-7H,2,8-9H2,1H3. The van der Waals surface area contributed by atoms with Gasteiger partial charge in [0.2, 0.25) is 0 Å². The highest BCUT2D eigenvalue weighted by Crippen LogP contribution is 2.35. The summed E-state index contributed by atoms with van der Waals surface area (Å²) in [5, 5.41) is 0. The summed E-state index contributed by atoms with van der Waals surface area (Å²) in [6, 6.07) is 9.44. The zero-order valence-corrected chi connectivity index (χ0v) is 7.83. The number of alkyl halides is 1. The quantitative estimate of drug-likeness (QED) is 0.672. The lowest BCUT2D eigenvalue weighted by molar-refractivity contribution is -0.0331. The Morgan fingerprint density at radius 2 is 1.92 bits per heavy atom. The van der Waals surface area contributed by atoms with Crippen LogP contribution in [0.25, 0.3) is 0 Å². The molecular weight excluding hydrogens is 165 g/mol. The van der Waals surface area contributed by atoms with Crippen LogP contribution in [0.2, 0.25) is 0 Å². The summed E-state index contributed by atoms with van der Waals surface area (Å²) in [4.78, 5) is 2.10. The van der Waals surface area contributed by atoms with Crippen molar-refractivity contribution in [1.29, 1.82) is 0 Å². The number of likely N-dealkylation sites (N-methyl/N-ethyl adjacent to an activating group) is 1. The maximum absolute atomic E-state index is 14.0. The maximum atomic E-state index is 14.0. The second kappa shape index (κ2) is 3.11. The van der Waals surface area contributed by atoms with Gasteiger partial charge in [0.05, 0.1) is 0 Å². The Labute approximate surface area is 78.2 Å². The van der Waals surface area contributed by atoms with Crippen LogP contribution in [0.15, 0.2) is 30.3 Å². The van der Waals surface area contributed by atoms with E-state index < -0.39 is 5.67 Å². The van der Waals surface area contributed by atoms with Crippen molar-refractivity contribution in [3.8, 4) is 0 Å². The van der Waals surface area contributed by atoms with Crippen molar-refractivity contribution in [3.05, 3.63) is 35.9 Å². The van der Waals surface area contributed by atoms with Gasteiger partial charge in [0.25, 0.3) is 0 Å². The molecule has 1 aliphatic heterocycles. The average molecular weight is 179 g/mol. The molecule has 1 aliphatic rings. The van der Waals surface area contributed by atoms with E-state index in [1.165, 1.54) is 0 Å². The zero-order valence-electron chi connectivity index (χ0n) is 7.83. The first-order valence-corrected chi connectivity index (χ1v) is 4.71. The molecule has 0 N–H and O–H groups in total. The SMILES string of the molecule is CCN1CC(F)(c2ccccc2)C1. The Kier molecular flexibility index (Phi) is 2.08. The van der Waals surface area contributed by atoms with Gasteiger partial charge in [0.15, 0.2) is 5.67 Å². The fraction of sp³-hybridized carbons (Fsp3) is 0.455. The van der Waals surface area contributed by atoms with Crippen LogP contribution in [0.4, 0.5) is 4.39 Å². The van der Waals surface area contributed by atoms with Crippen molar-refractivity contribution < 1.29 is 4.39 Å². The molecule has 13 heavy (non-hydrogen) atoms. The van der Waals surface area contributed by atoms with E-state index in [0.717, 1.165) is 12.1 Å². The minimum absolute atomic E-state index is 0.549. The summed E-state index contributed by atoms with van der Waals surface area (Å²) in [6.45, 7) is 4.10. The van der Waals surface area contributed by atoms with Crippen molar-refractivity contribution in [3.63, 3.8) is 0 Å². The summed E-state index contributed by atoms with van der Waals surface area (Å²) in [5.74, 6) is 0. The van der Waals surface area contributed by atoms with Gasteiger partial charge in [-0.3, -0.25) is 4.90 Å². The topological polar surface area (TPSA) is 3.24 Å². The molecule has 0 unspecified atom stereocenters. The number of halogens is 1. The predicted octanol–water partition coefficient (Wildman–Crippen LogP) is 2.19. The summed E-state index contributed by atoms with van der Waals surface area (Å²) < 4.78 is 14.0. The molecule has 70 valence electrons. The van der Waals surface area contributed by atoms with Gasteiger partial charge >= 0.3 is 0 Å². The second-order valence-electron chi connectivity index (χ2n) is 3.63. The molecule has 1 aromatic carbocycles. The van der Waals surface area contributed by atoms with Gasteiger partial charge in [0, 0.05) is 13.1 Å². The van der Waals surface area contributed by atoms with E-state index in [1.807, 2.05) is 30.3 Å². The molecule has 1 saturated heterocycles. The first kappa shape index (κ1) is 8.70. The van der Waals surface area contributed by atoms with E-state index in [4.69, 9.17) is 0 Å². The van der Waals surface area contributed by atoms with E-state index >= 15 is 0 Å². The van der Waals surface area contributed by atoms with Crippen LogP contribution < -0.4 is 0 Å².